The number of ether oxygens (including phenoxy) is 1. The lowest BCUT2D eigenvalue weighted by Crippen LogP contribution is -1.97. The van der Waals surface area contributed by atoms with Crippen molar-refractivity contribution in [3.05, 3.63) is 45.7 Å². The zero-order valence-corrected chi connectivity index (χ0v) is 10.3. The maximum atomic E-state index is 5.93. The SMILES string of the molecule is COCc1cc(=S)n(-c2cccc(Cl)c2)[nH]1. The number of nitrogens with zero attached hydrogens (tertiary/aromatic N) is 1. The summed E-state index contributed by atoms with van der Waals surface area (Å²) in [6.45, 7) is 0.511. The fraction of sp³-hybridized carbons (Fsp3) is 0.182. The van der Waals surface area contributed by atoms with E-state index in [0.29, 0.717) is 16.3 Å². The zero-order chi connectivity index (χ0) is 11.5. The van der Waals surface area contributed by atoms with E-state index < -0.39 is 0 Å². The van der Waals surface area contributed by atoms with Gasteiger partial charge in [-0.2, -0.15) is 0 Å². The first kappa shape index (κ1) is 11.4. The smallest absolute Gasteiger partial charge is 0.128 e. The largest absolute Gasteiger partial charge is 0.378 e. The highest BCUT2D eigenvalue weighted by Gasteiger charge is 2.02. The molecule has 2 aromatic rings. The van der Waals surface area contributed by atoms with E-state index in [1.807, 2.05) is 30.3 Å². The molecule has 1 N–H and O–H groups in total. The predicted octanol–water partition coefficient (Wildman–Crippen LogP) is 3.33. The molecule has 1 aromatic heterocycles. The van der Waals surface area contributed by atoms with Gasteiger partial charge in [0.2, 0.25) is 0 Å². The summed E-state index contributed by atoms with van der Waals surface area (Å²) in [5.74, 6) is 0. The number of aromatic amines is 1. The second-order valence-corrected chi connectivity index (χ2v) is 4.22. The molecule has 0 spiro atoms. The Kier molecular flexibility index (Phi) is 3.43. The molecule has 0 radical (unpaired) electrons. The molecule has 0 amide bonds. The molecule has 16 heavy (non-hydrogen) atoms. The number of hydrogen-bond acceptors (Lipinski definition) is 2. The molecule has 0 aliphatic rings. The van der Waals surface area contributed by atoms with Crippen LogP contribution in [0.25, 0.3) is 5.69 Å². The van der Waals surface area contributed by atoms with E-state index in [-0.39, 0.29) is 0 Å². The third-order valence-electron chi connectivity index (χ3n) is 2.14. The number of halogens is 1. The summed E-state index contributed by atoms with van der Waals surface area (Å²) < 4.78 is 7.54. The van der Waals surface area contributed by atoms with Gasteiger partial charge in [0.05, 0.1) is 18.0 Å². The number of hydrogen-bond donors (Lipinski definition) is 1. The van der Waals surface area contributed by atoms with Crippen LogP contribution < -0.4 is 0 Å². The van der Waals surface area contributed by atoms with E-state index in [4.69, 9.17) is 28.6 Å². The van der Waals surface area contributed by atoms with Gasteiger partial charge in [0, 0.05) is 12.1 Å². The van der Waals surface area contributed by atoms with Crippen LogP contribution in [0.15, 0.2) is 30.3 Å². The van der Waals surface area contributed by atoms with E-state index in [2.05, 4.69) is 5.10 Å². The monoisotopic (exact) mass is 254 g/mol. The minimum absolute atomic E-state index is 0.511. The number of H-pyrrole nitrogens is 1. The van der Waals surface area contributed by atoms with Gasteiger partial charge in [-0.15, -0.1) is 0 Å². The molecule has 5 heteroatoms. The summed E-state index contributed by atoms with van der Waals surface area (Å²) in [5, 5.41) is 3.84. The lowest BCUT2D eigenvalue weighted by Gasteiger charge is -2.03. The van der Waals surface area contributed by atoms with Gasteiger partial charge in [-0.25, -0.2) is 4.68 Å². The maximum absolute atomic E-state index is 5.93. The van der Waals surface area contributed by atoms with Crippen LogP contribution in [0.4, 0.5) is 0 Å². The molecule has 0 saturated carbocycles. The van der Waals surface area contributed by atoms with Crippen LogP contribution in [-0.4, -0.2) is 16.9 Å². The Hall–Kier alpha value is -1.10. The van der Waals surface area contributed by atoms with Crippen LogP contribution in [0, 0.1) is 4.64 Å². The number of benzene rings is 1. The fourth-order valence-electron chi connectivity index (χ4n) is 1.48. The highest BCUT2D eigenvalue weighted by molar-refractivity contribution is 7.71. The van der Waals surface area contributed by atoms with Gasteiger partial charge in [-0.3, -0.25) is 5.10 Å². The first-order valence-corrected chi connectivity index (χ1v) is 5.55. The Morgan fingerprint density at radius 3 is 2.94 bits per heavy atom. The standard InChI is InChI=1S/C11H11ClN2OS/c1-15-7-9-6-11(16)14(13-9)10-4-2-3-8(12)5-10/h2-6,13H,7H2,1H3. The van der Waals surface area contributed by atoms with Crippen LogP contribution in [0.3, 0.4) is 0 Å². The zero-order valence-electron chi connectivity index (χ0n) is 8.74. The lowest BCUT2D eigenvalue weighted by molar-refractivity contribution is 0.181. The number of aromatic nitrogens is 2. The summed E-state index contributed by atoms with van der Waals surface area (Å²) in [7, 11) is 1.65. The lowest BCUT2D eigenvalue weighted by atomic mass is 10.3. The molecular formula is C11H11ClN2OS. The highest BCUT2D eigenvalue weighted by Crippen LogP contribution is 2.15. The summed E-state index contributed by atoms with van der Waals surface area (Å²) in [4.78, 5) is 0. The average molecular weight is 255 g/mol. The number of rotatable bonds is 3. The van der Waals surface area contributed by atoms with E-state index in [1.54, 1.807) is 11.8 Å². The second kappa shape index (κ2) is 4.82. The Labute approximate surface area is 104 Å². The molecule has 0 aliphatic heterocycles. The maximum Gasteiger partial charge on any atom is 0.128 e. The molecule has 0 saturated heterocycles. The first-order valence-electron chi connectivity index (χ1n) is 4.76. The quantitative estimate of drug-likeness (QED) is 0.852. The van der Waals surface area contributed by atoms with Crippen molar-refractivity contribution in [2.75, 3.05) is 7.11 Å². The van der Waals surface area contributed by atoms with Crippen molar-refractivity contribution in [3.63, 3.8) is 0 Å². The molecule has 0 bridgehead atoms. The van der Waals surface area contributed by atoms with Gasteiger partial charge in [-0.1, -0.05) is 29.9 Å². The predicted molar refractivity (Wildman–Crippen MR) is 66.7 cm³/mol. The molecule has 0 fully saturated rings. The normalized spacial score (nSPS) is 10.6. The summed E-state index contributed by atoms with van der Waals surface area (Å²) >= 11 is 11.2. The van der Waals surface area contributed by atoms with Gasteiger partial charge in [0.15, 0.2) is 0 Å². The van der Waals surface area contributed by atoms with Gasteiger partial charge in [0.25, 0.3) is 0 Å². The molecule has 0 atom stereocenters. The Morgan fingerprint density at radius 1 is 1.44 bits per heavy atom. The van der Waals surface area contributed by atoms with Gasteiger partial charge in [0.1, 0.15) is 4.64 Å². The van der Waals surface area contributed by atoms with Crippen LogP contribution in [0.2, 0.25) is 5.02 Å². The van der Waals surface area contributed by atoms with Crippen molar-refractivity contribution in [1.82, 2.24) is 9.78 Å². The van der Waals surface area contributed by atoms with Crippen molar-refractivity contribution in [3.8, 4) is 5.69 Å². The van der Waals surface area contributed by atoms with E-state index in [0.717, 1.165) is 11.4 Å². The van der Waals surface area contributed by atoms with Crippen LogP contribution in [-0.2, 0) is 11.3 Å². The summed E-state index contributed by atoms with van der Waals surface area (Å²) in [6, 6.07) is 9.38. The minimum Gasteiger partial charge on any atom is -0.378 e. The third-order valence-corrected chi connectivity index (χ3v) is 2.68. The van der Waals surface area contributed by atoms with E-state index >= 15 is 0 Å². The minimum atomic E-state index is 0.511. The summed E-state index contributed by atoms with van der Waals surface area (Å²) in [5.41, 5.74) is 1.85. The van der Waals surface area contributed by atoms with E-state index in [1.165, 1.54) is 0 Å². The Bertz CT molecular complexity index is 547. The second-order valence-electron chi connectivity index (χ2n) is 3.37. The molecule has 1 heterocycles. The first-order chi connectivity index (χ1) is 7.70. The summed E-state index contributed by atoms with van der Waals surface area (Å²) in [6.07, 6.45) is 0. The van der Waals surface area contributed by atoms with Gasteiger partial charge < -0.3 is 4.74 Å². The molecular weight excluding hydrogens is 244 g/mol. The number of nitrogens with one attached hydrogen (secondary N) is 1. The van der Waals surface area contributed by atoms with Crippen molar-refractivity contribution in [2.45, 2.75) is 6.61 Å². The van der Waals surface area contributed by atoms with Gasteiger partial charge in [-0.05, 0) is 24.3 Å². The molecule has 0 aliphatic carbocycles. The molecule has 1 aromatic carbocycles. The third kappa shape index (κ3) is 2.35. The fourth-order valence-corrected chi connectivity index (χ4v) is 1.96. The average Bonchev–Trinajstić information content (AvgIpc) is 2.60. The topological polar surface area (TPSA) is 29.9 Å². The van der Waals surface area contributed by atoms with Crippen LogP contribution in [0.5, 0.6) is 0 Å². The van der Waals surface area contributed by atoms with E-state index in [9.17, 15) is 0 Å². The van der Waals surface area contributed by atoms with Crippen molar-refractivity contribution in [2.24, 2.45) is 0 Å². The van der Waals surface area contributed by atoms with Crippen molar-refractivity contribution in [1.29, 1.82) is 0 Å². The molecule has 84 valence electrons. The molecule has 3 nitrogen and oxygen atoms in total. The van der Waals surface area contributed by atoms with Crippen LogP contribution >= 0.6 is 23.8 Å². The van der Waals surface area contributed by atoms with Crippen LogP contribution in [0.1, 0.15) is 5.69 Å². The number of methoxy groups -OCH3 is 1. The van der Waals surface area contributed by atoms with Crippen molar-refractivity contribution < 1.29 is 4.74 Å². The molecule has 2 rings (SSSR count). The highest BCUT2D eigenvalue weighted by atomic mass is 35.5. The molecule has 0 unspecified atom stereocenters. The van der Waals surface area contributed by atoms with Crippen molar-refractivity contribution >= 4 is 23.8 Å². The van der Waals surface area contributed by atoms with Gasteiger partial charge >= 0.3 is 0 Å². The Balaban J connectivity index is 2.44. The Morgan fingerprint density at radius 2 is 2.25 bits per heavy atom.